The summed E-state index contributed by atoms with van der Waals surface area (Å²) >= 11 is 1.88. The van der Waals surface area contributed by atoms with Gasteiger partial charge in [-0.3, -0.25) is 0 Å². The van der Waals surface area contributed by atoms with Crippen LogP contribution in [0.25, 0.3) is 86.7 Å². The molecule has 284 valence electrons. The zero-order valence-electron chi connectivity index (χ0n) is 34.1. The van der Waals surface area contributed by atoms with E-state index >= 15 is 0 Å². The summed E-state index contributed by atoms with van der Waals surface area (Å²) in [5.41, 5.74) is 18.2. The lowest BCUT2D eigenvalue weighted by Crippen LogP contribution is -2.15. The van der Waals surface area contributed by atoms with Gasteiger partial charge in [-0.2, -0.15) is 0 Å². The number of allylic oxidation sites excluding steroid dienone is 2. The highest BCUT2D eigenvalue weighted by atomic mass is 32.1. The van der Waals surface area contributed by atoms with Crippen LogP contribution in [0.1, 0.15) is 52.8 Å². The number of aromatic nitrogens is 1. The van der Waals surface area contributed by atoms with Gasteiger partial charge in [0.05, 0.1) is 0 Å². The molecule has 1 aliphatic rings. The Morgan fingerprint density at radius 2 is 1.36 bits per heavy atom. The lowest BCUT2D eigenvalue weighted by atomic mass is 9.79. The van der Waals surface area contributed by atoms with Crippen LogP contribution in [0.4, 0.5) is 0 Å². The van der Waals surface area contributed by atoms with Crippen LogP contribution in [0.2, 0.25) is 0 Å². The van der Waals surface area contributed by atoms with E-state index in [1.807, 2.05) is 17.4 Å². The number of hydrogen-bond donors (Lipinski definition) is 0. The van der Waals surface area contributed by atoms with Crippen molar-refractivity contribution in [2.45, 2.75) is 39.0 Å². The van der Waals surface area contributed by atoms with Crippen molar-refractivity contribution in [1.82, 2.24) is 4.57 Å². The molecular formula is C57H45NS. The first-order valence-electron chi connectivity index (χ1n) is 20.8. The molecule has 0 aliphatic heterocycles. The van der Waals surface area contributed by atoms with E-state index in [9.17, 15) is 0 Å². The van der Waals surface area contributed by atoms with Crippen molar-refractivity contribution in [3.8, 4) is 22.3 Å². The van der Waals surface area contributed by atoms with Gasteiger partial charge in [-0.05, 0) is 128 Å². The molecule has 8 aromatic carbocycles. The van der Waals surface area contributed by atoms with Crippen molar-refractivity contribution in [1.29, 1.82) is 0 Å². The maximum atomic E-state index is 4.10. The molecule has 1 aliphatic carbocycles. The SMILES string of the molecule is C=CCc1ccc(C)cc1-c1cc2c(c3ccccc13)-c1ccc(C/C(=C/c3ccc4c5ccccc5n(C)c4c3)c3ccc4sc5ccccc5c4c3)cc1C2(C)C. The number of fused-ring (bicyclic) bond motifs is 11. The Kier molecular flexibility index (Phi) is 8.19. The molecule has 2 heterocycles. The molecule has 0 spiro atoms. The summed E-state index contributed by atoms with van der Waals surface area (Å²) in [4.78, 5) is 0. The molecule has 0 N–H and O–H groups in total. The van der Waals surface area contributed by atoms with Gasteiger partial charge in [-0.15, -0.1) is 17.9 Å². The molecule has 0 unspecified atom stereocenters. The fraction of sp³-hybridized carbons (Fsp3) is 0.123. The fourth-order valence-corrected chi connectivity index (χ4v) is 11.2. The molecule has 0 radical (unpaired) electrons. The molecular weight excluding hydrogens is 731 g/mol. The van der Waals surface area contributed by atoms with Gasteiger partial charge in [0.15, 0.2) is 0 Å². The van der Waals surface area contributed by atoms with Crippen LogP contribution in [0.5, 0.6) is 0 Å². The Bertz CT molecular complexity index is 3400. The van der Waals surface area contributed by atoms with Crippen molar-refractivity contribution in [3.63, 3.8) is 0 Å². The third kappa shape index (κ3) is 5.65. The van der Waals surface area contributed by atoms with E-state index in [-0.39, 0.29) is 5.41 Å². The minimum atomic E-state index is -0.181. The Balaban J connectivity index is 1.06. The highest BCUT2D eigenvalue weighted by Gasteiger charge is 2.37. The van der Waals surface area contributed by atoms with Crippen molar-refractivity contribution in [2.24, 2.45) is 7.05 Å². The fourth-order valence-electron chi connectivity index (χ4n) is 10.1. The van der Waals surface area contributed by atoms with E-state index < -0.39 is 0 Å². The van der Waals surface area contributed by atoms with E-state index in [2.05, 4.69) is 197 Å². The maximum Gasteiger partial charge on any atom is 0.0494 e. The molecule has 0 amide bonds. The summed E-state index contributed by atoms with van der Waals surface area (Å²) in [6.07, 6.45) is 6.12. The molecule has 59 heavy (non-hydrogen) atoms. The van der Waals surface area contributed by atoms with E-state index in [1.165, 1.54) is 120 Å². The molecule has 0 bridgehead atoms. The number of thiophene rings is 1. The molecule has 1 nitrogen and oxygen atoms in total. The average molecular weight is 776 g/mol. The van der Waals surface area contributed by atoms with Crippen molar-refractivity contribution >= 4 is 75.7 Å². The quantitative estimate of drug-likeness (QED) is 0.112. The smallest absolute Gasteiger partial charge is 0.0494 e. The Morgan fingerprint density at radius 1 is 0.610 bits per heavy atom. The predicted octanol–water partition coefficient (Wildman–Crippen LogP) is 15.6. The zero-order chi connectivity index (χ0) is 40.0. The molecule has 0 saturated carbocycles. The second kappa shape index (κ2) is 13.5. The van der Waals surface area contributed by atoms with Crippen LogP contribution in [0.3, 0.4) is 0 Å². The molecule has 2 aromatic heterocycles. The van der Waals surface area contributed by atoms with Crippen LogP contribution >= 0.6 is 11.3 Å². The number of para-hydroxylation sites is 1. The molecule has 0 atom stereocenters. The number of benzene rings is 8. The third-order valence-corrected chi connectivity index (χ3v) is 14.2. The Hall–Kier alpha value is -6.48. The van der Waals surface area contributed by atoms with Gasteiger partial charge in [0.25, 0.3) is 0 Å². The number of aryl methyl sites for hydroxylation is 2. The molecule has 0 fully saturated rings. The number of nitrogens with zero attached hydrogens (tertiary/aromatic N) is 1. The summed E-state index contributed by atoms with van der Waals surface area (Å²) in [5, 5.41) is 7.88. The summed E-state index contributed by atoms with van der Waals surface area (Å²) in [6.45, 7) is 11.1. The highest BCUT2D eigenvalue weighted by Crippen LogP contribution is 2.54. The van der Waals surface area contributed by atoms with Crippen molar-refractivity contribution in [2.75, 3.05) is 0 Å². The zero-order valence-corrected chi connectivity index (χ0v) is 34.9. The first-order chi connectivity index (χ1) is 28.8. The molecule has 2 heteroatoms. The second-order valence-corrected chi connectivity index (χ2v) is 18.1. The summed E-state index contributed by atoms with van der Waals surface area (Å²) in [5.74, 6) is 0. The monoisotopic (exact) mass is 775 g/mol. The first kappa shape index (κ1) is 35.7. The summed E-state index contributed by atoms with van der Waals surface area (Å²) in [6, 6.07) is 57.3. The van der Waals surface area contributed by atoms with Crippen LogP contribution in [-0.4, -0.2) is 4.57 Å². The third-order valence-electron chi connectivity index (χ3n) is 13.1. The first-order valence-corrected chi connectivity index (χ1v) is 21.6. The molecule has 10 aromatic rings. The Morgan fingerprint density at radius 3 is 2.20 bits per heavy atom. The molecule has 11 rings (SSSR count). The van der Waals surface area contributed by atoms with Crippen molar-refractivity contribution < 1.29 is 0 Å². The minimum absolute atomic E-state index is 0.181. The highest BCUT2D eigenvalue weighted by molar-refractivity contribution is 7.25. The van der Waals surface area contributed by atoms with E-state index in [0.717, 1.165) is 12.8 Å². The number of hydrogen-bond acceptors (Lipinski definition) is 1. The standard InChI is InChI=1S/C57H45NS/c1-6-13-38-23-20-35(2)28-47(38)48-34-51-56(45-17-8-7-14-41(45)48)46-26-22-36(31-50(46)57(51,3)4)29-40(39-24-27-55-49(33-39)44-16-10-12-19-54(44)59-55)30-37-21-25-43-42-15-9-11-18-52(42)58(5)53(43)32-37/h6-12,14-28,30-34H,1,13,29H2,2-5H3/b40-30-. The van der Waals surface area contributed by atoms with Gasteiger partial charge in [0.2, 0.25) is 0 Å². The lowest BCUT2D eigenvalue weighted by Gasteiger charge is -2.24. The van der Waals surface area contributed by atoms with Gasteiger partial charge < -0.3 is 4.57 Å². The van der Waals surface area contributed by atoms with Gasteiger partial charge in [0, 0.05) is 54.4 Å². The van der Waals surface area contributed by atoms with Crippen LogP contribution < -0.4 is 0 Å². The van der Waals surface area contributed by atoms with Gasteiger partial charge in [0.1, 0.15) is 0 Å². The van der Waals surface area contributed by atoms with Gasteiger partial charge in [-0.25, -0.2) is 0 Å². The van der Waals surface area contributed by atoms with Crippen LogP contribution in [-0.2, 0) is 25.3 Å². The number of rotatable bonds is 7. The van der Waals surface area contributed by atoms with Crippen molar-refractivity contribution in [3.05, 3.63) is 203 Å². The maximum absolute atomic E-state index is 4.10. The Labute approximate surface area is 350 Å². The van der Waals surface area contributed by atoms with E-state index in [0.29, 0.717) is 0 Å². The van der Waals surface area contributed by atoms with Crippen LogP contribution in [0, 0.1) is 6.92 Å². The van der Waals surface area contributed by atoms with Crippen LogP contribution in [0.15, 0.2) is 164 Å². The lowest BCUT2D eigenvalue weighted by molar-refractivity contribution is 0.660. The summed E-state index contributed by atoms with van der Waals surface area (Å²) < 4.78 is 5.00. The van der Waals surface area contributed by atoms with Gasteiger partial charge >= 0.3 is 0 Å². The average Bonchev–Trinajstić information content (AvgIpc) is 3.85. The van der Waals surface area contributed by atoms with E-state index in [4.69, 9.17) is 0 Å². The second-order valence-electron chi connectivity index (χ2n) is 17.1. The van der Waals surface area contributed by atoms with E-state index in [1.54, 1.807) is 0 Å². The summed E-state index contributed by atoms with van der Waals surface area (Å²) in [7, 11) is 2.19. The normalized spacial score (nSPS) is 13.5. The largest absolute Gasteiger partial charge is 0.344 e. The van der Waals surface area contributed by atoms with Gasteiger partial charge in [-0.1, -0.05) is 147 Å². The molecule has 0 saturated heterocycles. The topological polar surface area (TPSA) is 4.93 Å². The minimum Gasteiger partial charge on any atom is -0.344 e. The predicted molar refractivity (Wildman–Crippen MR) is 257 cm³/mol.